The van der Waals surface area contributed by atoms with Crippen LogP contribution < -0.4 is 16.2 Å². The van der Waals surface area contributed by atoms with Gasteiger partial charge in [0.15, 0.2) is 0 Å². The van der Waals surface area contributed by atoms with Crippen LogP contribution in [0.4, 0.5) is 5.69 Å². The quantitative estimate of drug-likeness (QED) is 0.583. The van der Waals surface area contributed by atoms with Crippen LogP contribution in [-0.2, 0) is 4.79 Å². The number of pyridine rings is 1. The predicted molar refractivity (Wildman–Crippen MR) is 89.5 cm³/mol. The fraction of sp³-hybridized carbons (Fsp3) is 0.133. The molecule has 0 unspecified atom stereocenters. The summed E-state index contributed by atoms with van der Waals surface area (Å²) in [6, 6.07) is 10.3. The lowest BCUT2D eigenvalue weighted by atomic mass is 10.2. The summed E-state index contributed by atoms with van der Waals surface area (Å²) in [7, 11) is 0. The monoisotopic (exact) mass is 352 g/mol. The molecule has 120 valence electrons. The predicted octanol–water partition coefficient (Wildman–Crippen LogP) is 2.57. The van der Waals surface area contributed by atoms with Crippen molar-refractivity contribution in [1.82, 2.24) is 15.8 Å². The molecule has 0 aliphatic carbocycles. The molecule has 2 aromatic rings. The minimum atomic E-state index is -0.542. The summed E-state index contributed by atoms with van der Waals surface area (Å²) in [4.78, 5) is 27.3. The second-order valence-electron chi connectivity index (χ2n) is 4.72. The molecule has 0 bridgehead atoms. The fourth-order valence-electron chi connectivity index (χ4n) is 1.69. The first-order valence-corrected chi connectivity index (χ1v) is 7.42. The first-order valence-electron chi connectivity index (χ1n) is 6.67. The molecule has 2 amide bonds. The van der Waals surface area contributed by atoms with Crippen molar-refractivity contribution < 1.29 is 9.59 Å². The molecule has 23 heavy (non-hydrogen) atoms. The summed E-state index contributed by atoms with van der Waals surface area (Å²) in [5.74, 6) is -0.940. The fourth-order valence-corrected chi connectivity index (χ4v) is 2.15. The molecule has 1 heterocycles. The van der Waals surface area contributed by atoms with Gasteiger partial charge in [-0.3, -0.25) is 20.4 Å². The van der Waals surface area contributed by atoms with Gasteiger partial charge in [0, 0.05) is 11.3 Å². The number of amides is 2. The highest BCUT2D eigenvalue weighted by Crippen LogP contribution is 2.14. The van der Waals surface area contributed by atoms with E-state index in [9.17, 15) is 9.59 Å². The molecular formula is C15H14Cl2N4O2. The van der Waals surface area contributed by atoms with E-state index in [0.717, 1.165) is 11.3 Å². The third-order valence-electron chi connectivity index (χ3n) is 2.85. The minimum absolute atomic E-state index is 0.0151. The zero-order valence-corrected chi connectivity index (χ0v) is 13.7. The number of nitrogens with zero attached hydrogens (tertiary/aromatic N) is 1. The molecule has 0 aliphatic rings. The van der Waals surface area contributed by atoms with Crippen LogP contribution in [0.1, 0.15) is 15.9 Å². The van der Waals surface area contributed by atoms with Crippen molar-refractivity contribution >= 4 is 40.7 Å². The molecule has 0 aliphatic heterocycles. The molecule has 6 nitrogen and oxygen atoms in total. The normalized spacial score (nSPS) is 10.0. The van der Waals surface area contributed by atoms with Crippen LogP contribution in [0.3, 0.4) is 0 Å². The number of benzene rings is 1. The zero-order valence-electron chi connectivity index (χ0n) is 12.2. The van der Waals surface area contributed by atoms with E-state index in [2.05, 4.69) is 21.2 Å². The molecule has 2 rings (SSSR count). The lowest BCUT2D eigenvalue weighted by Crippen LogP contribution is -2.44. The number of rotatable bonds is 4. The van der Waals surface area contributed by atoms with Gasteiger partial charge in [-0.15, -0.1) is 0 Å². The van der Waals surface area contributed by atoms with Gasteiger partial charge in [0.25, 0.3) is 11.8 Å². The lowest BCUT2D eigenvalue weighted by Gasteiger charge is -2.09. The van der Waals surface area contributed by atoms with Gasteiger partial charge in [-0.2, -0.15) is 0 Å². The van der Waals surface area contributed by atoms with E-state index in [-0.39, 0.29) is 22.4 Å². The van der Waals surface area contributed by atoms with E-state index in [1.54, 1.807) is 0 Å². The maximum atomic E-state index is 11.9. The van der Waals surface area contributed by atoms with Crippen molar-refractivity contribution in [3.05, 3.63) is 57.8 Å². The van der Waals surface area contributed by atoms with E-state index in [0.29, 0.717) is 0 Å². The van der Waals surface area contributed by atoms with Crippen molar-refractivity contribution in [1.29, 1.82) is 0 Å². The number of halogens is 2. The van der Waals surface area contributed by atoms with Gasteiger partial charge < -0.3 is 5.32 Å². The van der Waals surface area contributed by atoms with Crippen molar-refractivity contribution in [2.75, 3.05) is 11.9 Å². The second-order valence-corrected chi connectivity index (χ2v) is 5.50. The Hall–Kier alpha value is -2.31. The number of carbonyl (C=O) groups is 2. The van der Waals surface area contributed by atoms with Crippen LogP contribution in [0.5, 0.6) is 0 Å². The van der Waals surface area contributed by atoms with Gasteiger partial charge in [0.2, 0.25) is 0 Å². The number of anilines is 1. The van der Waals surface area contributed by atoms with E-state index in [1.807, 2.05) is 31.2 Å². The summed E-state index contributed by atoms with van der Waals surface area (Å²) in [6.07, 6.45) is 0. The Bertz CT molecular complexity index is 700. The summed E-state index contributed by atoms with van der Waals surface area (Å²) < 4.78 is 0. The number of aryl methyl sites for hydroxylation is 1. The zero-order chi connectivity index (χ0) is 16.8. The van der Waals surface area contributed by atoms with Gasteiger partial charge in [-0.1, -0.05) is 40.9 Å². The Morgan fingerprint density at radius 2 is 1.65 bits per heavy atom. The number of hydrogen-bond acceptors (Lipinski definition) is 4. The molecule has 0 atom stereocenters. The topological polar surface area (TPSA) is 83.1 Å². The summed E-state index contributed by atoms with van der Waals surface area (Å²) in [5.41, 5.74) is 6.70. The number of carbonyl (C=O) groups excluding carboxylic acids is 2. The van der Waals surface area contributed by atoms with E-state index >= 15 is 0 Å². The van der Waals surface area contributed by atoms with Crippen LogP contribution in [0, 0.1) is 6.92 Å². The van der Waals surface area contributed by atoms with Crippen LogP contribution in [0.2, 0.25) is 10.3 Å². The average Bonchev–Trinajstić information content (AvgIpc) is 2.51. The Balaban J connectivity index is 1.81. The van der Waals surface area contributed by atoms with Crippen LogP contribution >= 0.6 is 23.2 Å². The minimum Gasteiger partial charge on any atom is -0.376 e. The molecule has 0 saturated carbocycles. The van der Waals surface area contributed by atoms with E-state index in [4.69, 9.17) is 23.2 Å². The lowest BCUT2D eigenvalue weighted by molar-refractivity contribution is -0.120. The van der Waals surface area contributed by atoms with E-state index in [1.165, 1.54) is 12.1 Å². The SMILES string of the molecule is Cc1ccc(NCC(=O)NNC(=O)c2cc(Cl)nc(Cl)c2)cc1. The van der Waals surface area contributed by atoms with Gasteiger partial charge in [-0.05, 0) is 31.2 Å². The first-order chi connectivity index (χ1) is 10.9. The molecule has 0 radical (unpaired) electrons. The average molecular weight is 353 g/mol. The Morgan fingerprint density at radius 3 is 2.26 bits per heavy atom. The molecule has 8 heteroatoms. The first kappa shape index (κ1) is 17.1. The standard InChI is InChI=1S/C15H14Cl2N4O2/c1-9-2-4-11(5-3-9)18-8-14(22)20-21-15(23)10-6-12(16)19-13(17)7-10/h2-7,18H,8H2,1H3,(H,20,22)(H,21,23). The van der Waals surface area contributed by atoms with Crippen LogP contribution in [0.15, 0.2) is 36.4 Å². The Kier molecular flexibility index (Phi) is 5.78. The molecule has 3 N–H and O–H groups in total. The van der Waals surface area contributed by atoms with Crippen molar-refractivity contribution in [2.45, 2.75) is 6.92 Å². The molecule has 0 spiro atoms. The summed E-state index contributed by atoms with van der Waals surface area (Å²) in [5, 5.41) is 3.12. The maximum Gasteiger partial charge on any atom is 0.269 e. The molecule has 1 aromatic heterocycles. The Labute approximate surface area is 143 Å². The molecule has 1 aromatic carbocycles. The van der Waals surface area contributed by atoms with Gasteiger partial charge >= 0.3 is 0 Å². The number of hydrogen-bond donors (Lipinski definition) is 3. The Morgan fingerprint density at radius 1 is 1.04 bits per heavy atom. The third kappa shape index (κ3) is 5.43. The van der Waals surface area contributed by atoms with Gasteiger partial charge in [0.1, 0.15) is 10.3 Å². The molecule has 0 fully saturated rings. The largest absolute Gasteiger partial charge is 0.376 e. The van der Waals surface area contributed by atoms with Crippen LogP contribution in [-0.4, -0.2) is 23.3 Å². The summed E-state index contributed by atoms with van der Waals surface area (Å²) in [6.45, 7) is 1.99. The molecular weight excluding hydrogens is 339 g/mol. The maximum absolute atomic E-state index is 11.9. The number of aromatic nitrogens is 1. The smallest absolute Gasteiger partial charge is 0.269 e. The van der Waals surface area contributed by atoms with Gasteiger partial charge in [-0.25, -0.2) is 4.98 Å². The van der Waals surface area contributed by atoms with Gasteiger partial charge in [0.05, 0.1) is 6.54 Å². The number of nitrogens with one attached hydrogen (secondary N) is 3. The van der Waals surface area contributed by atoms with Crippen molar-refractivity contribution in [3.63, 3.8) is 0 Å². The highest BCUT2D eigenvalue weighted by molar-refractivity contribution is 6.33. The van der Waals surface area contributed by atoms with Crippen LogP contribution in [0.25, 0.3) is 0 Å². The highest BCUT2D eigenvalue weighted by Gasteiger charge is 2.10. The third-order valence-corrected chi connectivity index (χ3v) is 3.23. The van der Waals surface area contributed by atoms with Crippen molar-refractivity contribution in [2.24, 2.45) is 0 Å². The van der Waals surface area contributed by atoms with Crippen molar-refractivity contribution in [3.8, 4) is 0 Å². The second kappa shape index (κ2) is 7.80. The highest BCUT2D eigenvalue weighted by atomic mass is 35.5. The molecule has 0 saturated heterocycles. The van der Waals surface area contributed by atoms with E-state index < -0.39 is 11.8 Å². The number of hydrazine groups is 1. The summed E-state index contributed by atoms with van der Waals surface area (Å²) >= 11 is 11.4.